The van der Waals surface area contributed by atoms with Crippen LogP contribution in [0.1, 0.15) is 0 Å². The summed E-state index contributed by atoms with van der Waals surface area (Å²) in [6.07, 6.45) is 3.60. The maximum absolute atomic E-state index is 11.6. The van der Waals surface area contributed by atoms with E-state index in [0.29, 0.717) is 0 Å². The predicted molar refractivity (Wildman–Crippen MR) is 66.2 cm³/mol. The number of aromatic nitrogens is 1. The molecule has 0 saturated heterocycles. The summed E-state index contributed by atoms with van der Waals surface area (Å²) in [5, 5.41) is 0. The summed E-state index contributed by atoms with van der Waals surface area (Å²) in [5.74, 6) is 0.778. The number of rotatable bonds is 3. The van der Waals surface area contributed by atoms with E-state index in [0.717, 1.165) is 11.4 Å². The van der Waals surface area contributed by atoms with Gasteiger partial charge in [-0.05, 0) is 30.3 Å². The van der Waals surface area contributed by atoms with Crippen LogP contribution in [0, 0.1) is 0 Å². The average molecular weight is 233 g/mol. The molecule has 1 aromatic heterocycles. The van der Waals surface area contributed by atoms with Crippen molar-refractivity contribution in [1.82, 2.24) is 4.57 Å². The van der Waals surface area contributed by atoms with Gasteiger partial charge in [0.05, 0.1) is 12.0 Å². The lowest BCUT2D eigenvalue weighted by Crippen LogP contribution is -2.15. The topological polar surface area (TPSA) is 31.2 Å². The zero-order valence-electron chi connectivity index (χ0n) is 8.79. The maximum Gasteiger partial charge on any atom is 0.255 e. The number of benzene rings is 1. The number of nitrogens with zero attached hydrogens (tertiary/aromatic N) is 1. The summed E-state index contributed by atoms with van der Waals surface area (Å²) in [5.41, 5.74) is 0.792. The van der Waals surface area contributed by atoms with Gasteiger partial charge in [-0.25, -0.2) is 0 Å². The number of hydrogen-bond acceptors (Lipinski definition) is 3. The molecule has 0 radical (unpaired) electrons. The Morgan fingerprint density at radius 1 is 1.12 bits per heavy atom. The fourth-order valence-corrected chi connectivity index (χ4v) is 1.70. The molecule has 0 N–H and O–H groups in total. The Kier molecular flexibility index (Phi) is 3.31. The first-order chi connectivity index (χ1) is 7.81. The van der Waals surface area contributed by atoms with Crippen molar-refractivity contribution >= 4 is 12.0 Å². The molecule has 1 heterocycles. The highest BCUT2D eigenvalue weighted by Gasteiger charge is 1.98. The van der Waals surface area contributed by atoms with Crippen LogP contribution in [0.25, 0.3) is 5.69 Å². The fourth-order valence-electron chi connectivity index (χ4n) is 1.40. The molecule has 4 heteroatoms. The lowest BCUT2D eigenvalue weighted by molar-refractivity contribution is 0.650. The molecule has 0 amide bonds. The zero-order chi connectivity index (χ0) is 11.4. The first kappa shape index (κ1) is 10.8. The monoisotopic (exact) mass is 233 g/mol. The normalized spacial score (nSPS) is 10.1. The van der Waals surface area contributed by atoms with Gasteiger partial charge in [0.2, 0.25) is 0 Å². The molecule has 0 unspecified atom stereocenters. The first-order valence-corrected chi connectivity index (χ1v) is 5.95. The van der Waals surface area contributed by atoms with Gasteiger partial charge in [0, 0.05) is 24.2 Å². The second kappa shape index (κ2) is 4.90. The molecule has 0 saturated carbocycles. The van der Waals surface area contributed by atoms with Crippen LogP contribution in [-0.4, -0.2) is 10.8 Å². The molecule has 0 fully saturated rings. The summed E-state index contributed by atoms with van der Waals surface area (Å²) in [7, 11) is 0. The molecule has 0 spiro atoms. The molecule has 0 bridgehead atoms. The van der Waals surface area contributed by atoms with Crippen LogP contribution in [-0.2, 0) is 0 Å². The van der Waals surface area contributed by atoms with E-state index in [1.807, 2.05) is 36.6 Å². The van der Waals surface area contributed by atoms with E-state index in [2.05, 4.69) is 0 Å². The van der Waals surface area contributed by atoms with Crippen LogP contribution in [0.5, 0.6) is 5.75 Å². The van der Waals surface area contributed by atoms with Crippen LogP contribution in [0.15, 0.2) is 53.5 Å². The summed E-state index contributed by atoms with van der Waals surface area (Å²) in [4.78, 5) is 11.6. The Bertz CT molecular complexity index is 519. The van der Waals surface area contributed by atoms with E-state index in [4.69, 9.17) is 4.18 Å². The van der Waals surface area contributed by atoms with Gasteiger partial charge in [-0.2, -0.15) is 0 Å². The van der Waals surface area contributed by atoms with Gasteiger partial charge in [0.1, 0.15) is 5.75 Å². The molecule has 0 atom stereocenters. The Labute approximate surface area is 97.9 Å². The standard InChI is InChI=1S/C12H11NO2S/c1-16-15-11-7-5-10(6-8-11)13-9-3-2-4-12(13)14/h2-9H,1H3. The van der Waals surface area contributed by atoms with Crippen LogP contribution in [0.3, 0.4) is 0 Å². The predicted octanol–water partition coefficient (Wildman–Crippen LogP) is 2.49. The first-order valence-electron chi connectivity index (χ1n) is 4.80. The summed E-state index contributed by atoms with van der Waals surface area (Å²) in [6, 6.07) is 12.5. The van der Waals surface area contributed by atoms with E-state index in [1.165, 1.54) is 18.1 Å². The highest BCUT2D eigenvalue weighted by molar-refractivity contribution is 7.94. The zero-order valence-corrected chi connectivity index (χ0v) is 9.61. The quantitative estimate of drug-likeness (QED) is 0.763. The van der Waals surface area contributed by atoms with Crippen molar-refractivity contribution in [2.24, 2.45) is 0 Å². The van der Waals surface area contributed by atoms with Crippen molar-refractivity contribution < 1.29 is 4.18 Å². The molecular weight excluding hydrogens is 222 g/mol. The van der Waals surface area contributed by atoms with Crippen LogP contribution >= 0.6 is 12.0 Å². The minimum absolute atomic E-state index is 0.0407. The highest BCUT2D eigenvalue weighted by Crippen LogP contribution is 2.17. The minimum atomic E-state index is -0.0407. The molecule has 0 aliphatic heterocycles. The number of pyridine rings is 1. The van der Waals surface area contributed by atoms with E-state index in [1.54, 1.807) is 16.8 Å². The molecule has 0 aliphatic carbocycles. The Morgan fingerprint density at radius 3 is 2.50 bits per heavy atom. The third-order valence-electron chi connectivity index (χ3n) is 2.12. The highest BCUT2D eigenvalue weighted by atomic mass is 32.2. The van der Waals surface area contributed by atoms with Crippen LogP contribution < -0.4 is 9.74 Å². The van der Waals surface area contributed by atoms with E-state index < -0.39 is 0 Å². The SMILES string of the molecule is CSOc1ccc(-n2ccccc2=O)cc1. The largest absolute Gasteiger partial charge is 0.426 e. The molecule has 82 valence electrons. The van der Waals surface area contributed by atoms with Gasteiger partial charge < -0.3 is 4.18 Å². The Hall–Kier alpha value is -1.68. The second-order valence-corrected chi connectivity index (χ2v) is 3.65. The van der Waals surface area contributed by atoms with Crippen molar-refractivity contribution in [3.63, 3.8) is 0 Å². The van der Waals surface area contributed by atoms with Crippen molar-refractivity contribution in [3.8, 4) is 11.4 Å². The second-order valence-electron chi connectivity index (χ2n) is 3.15. The lowest BCUT2D eigenvalue weighted by Gasteiger charge is -2.06. The minimum Gasteiger partial charge on any atom is -0.426 e. The van der Waals surface area contributed by atoms with Crippen molar-refractivity contribution in [1.29, 1.82) is 0 Å². The Balaban J connectivity index is 2.35. The van der Waals surface area contributed by atoms with Crippen molar-refractivity contribution in [3.05, 3.63) is 59.0 Å². The van der Waals surface area contributed by atoms with Crippen LogP contribution in [0.4, 0.5) is 0 Å². The molecule has 1 aromatic carbocycles. The summed E-state index contributed by atoms with van der Waals surface area (Å²) < 4.78 is 6.84. The molecule has 2 rings (SSSR count). The maximum atomic E-state index is 11.6. The summed E-state index contributed by atoms with van der Waals surface area (Å²) in [6.45, 7) is 0. The number of hydrogen-bond donors (Lipinski definition) is 0. The van der Waals surface area contributed by atoms with E-state index >= 15 is 0 Å². The van der Waals surface area contributed by atoms with Gasteiger partial charge >= 0.3 is 0 Å². The van der Waals surface area contributed by atoms with Gasteiger partial charge in [0.25, 0.3) is 5.56 Å². The van der Waals surface area contributed by atoms with Crippen LogP contribution in [0.2, 0.25) is 0 Å². The molecule has 3 nitrogen and oxygen atoms in total. The molecule has 2 aromatic rings. The third kappa shape index (κ3) is 2.28. The lowest BCUT2D eigenvalue weighted by atomic mass is 10.3. The van der Waals surface area contributed by atoms with Gasteiger partial charge in [-0.1, -0.05) is 6.07 Å². The third-order valence-corrected chi connectivity index (χ3v) is 2.48. The molecular formula is C12H11NO2S. The smallest absolute Gasteiger partial charge is 0.255 e. The van der Waals surface area contributed by atoms with Gasteiger partial charge in [-0.15, -0.1) is 0 Å². The Morgan fingerprint density at radius 2 is 1.88 bits per heavy atom. The average Bonchev–Trinajstić information content (AvgIpc) is 2.31. The van der Waals surface area contributed by atoms with Gasteiger partial charge in [0.15, 0.2) is 0 Å². The summed E-state index contributed by atoms with van der Waals surface area (Å²) >= 11 is 1.29. The molecule has 0 aliphatic rings. The van der Waals surface area contributed by atoms with E-state index in [9.17, 15) is 4.79 Å². The molecule has 16 heavy (non-hydrogen) atoms. The van der Waals surface area contributed by atoms with Crippen molar-refractivity contribution in [2.45, 2.75) is 0 Å². The van der Waals surface area contributed by atoms with E-state index in [-0.39, 0.29) is 5.56 Å². The van der Waals surface area contributed by atoms with Gasteiger partial charge in [-0.3, -0.25) is 9.36 Å². The fraction of sp³-hybridized carbons (Fsp3) is 0.0833. The van der Waals surface area contributed by atoms with Crippen molar-refractivity contribution in [2.75, 3.05) is 6.26 Å².